The zero-order valence-corrected chi connectivity index (χ0v) is 18.3. The van der Waals surface area contributed by atoms with E-state index >= 15 is 0 Å². The molecule has 3 nitrogen and oxygen atoms in total. The molecule has 0 bridgehead atoms. The summed E-state index contributed by atoms with van der Waals surface area (Å²) in [6, 6.07) is 0. The minimum atomic E-state index is 0.319. The van der Waals surface area contributed by atoms with E-state index in [9.17, 15) is 4.79 Å². The normalized spacial score (nSPS) is 45.4. The van der Waals surface area contributed by atoms with Gasteiger partial charge in [-0.15, -0.1) is 0 Å². The summed E-state index contributed by atoms with van der Waals surface area (Å²) in [6.07, 6.45) is 15.6. The van der Waals surface area contributed by atoms with Crippen LogP contribution >= 0.6 is 0 Å². The molecule has 0 spiro atoms. The van der Waals surface area contributed by atoms with Crippen LogP contribution in [0.1, 0.15) is 97.3 Å². The molecule has 0 aromatic carbocycles. The maximum atomic E-state index is 12.1. The number of ether oxygens (including phenoxy) is 1. The van der Waals surface area contributed by atoms with Crippen LogP contribution in [0.5, 0.6) is 0 Å². The summed E-state index contributed by atoms with van der Waals surface area (Å²) >= 11 is 0. The number of fused-ring (bicyclic) bond motifs is 5. The molecule has 0 aromatic rings. The van der Waals surface area contributed by atoms with Crippen LogP contribution in [0.2, 0.25) is 0 Å². The first kappa shape index (κ1) is 20.8. The Kier molecular flexibility index (Phi) is 6.24. The van der Waals surface area contributed by atoms with Gasteiger partial charge in [-0.2, -0.15) is 0 Å². The topological polar surface area (TPSA) is 46.5 Å². The highest BCUT2D eigenvalue weighted by Gasteiger charge is 2.60. The molecule has 1 N–H and O–H groups in total. The van der Waals surface area contributed by atoms with E-state index in [4.69, 9.17) is 9.84 Å². The van der Waals surface area contributed by atoms with Crippen LogP contribution in [0.4, 0.5) is 0 Å². The lowest BCUT2D eigenvalue weighted by Crippen LogP contribution is -2.54. The minimum absolute atomic E-state index is 0.319. The fourth-order valence-corrected chi connectivity index (χ4v) is 8.06. The molecule has 7 atom stereocenters. The van der Waals surface area contributed by atoms with E-state index in [-0.39, 0.29) is 0 Å². The van der Waals surface area contributed by atoms with Gasteiger partial charge in [-0.25, -0.2) is 0 Å². The van der Waals surface area contributed by atoms with Crippen LogP contribution in [0.3, 0.4) is 0 Å². The third-order valence-corrected chi connectivity index (χ3v) is 9.77. The second-order valence-corrected chi connectivity index (χ2v) is 11.0. The van der Waals surface area contributed by atoms with E-state index in [2.05, 4.69) is 13.8 Å². The fourth-order valence-electron chi connectivity index (χ4n) is 8.06. The zero-order valence-electron chi connectivity index (χ0n) is 18.3. The number of Topliss-reactive ketones (excluding diaryl/α,β-unsaturated/α-hetero) is 1. The molecule has 0 saturated heterocycles. The van der Waals surface area contributed by atoms with Gasteiger partial charge in [0.05, 0.1) is 6.10 Å². The molecular weight excluding hydrogens is 348 g/mol. The van der Waals surface area contributed by atoms with Crippen LogP contribution in [-0.4, -0.2) is 30.2 Å². The van der Waals surface area contributed by atoms with Gasteiger partial charge in [-0.3, -0.25) is 4.79 Å². The van der Waals surface area contributed by atoms with Crippen molar-refractivity contribution in [1.82, 2.24) is 0 Å². The Morgan fingerprint density at radius 2 is 1.71 bits per heavy atom. The molecule has 0 aromatic heterocycles. The van der Waals surface area contributed by atoms with Crippen molar-refractivity contribution in [2.75, 3.05) is 13.2 Å². The number of ketones is 1. The number of rotatable bonds is 7. The highest BCUT2D eigenvalue weighted by atomic mass is 16.5. The molecule has 0 unspecified atom stereocenters. The third kappa shape index (κ3) is 3.60. The van der Waals surface area contributed by atoms with Gasteiger partial charge in [0.15, 0.2) is 0 Å². The largest absolute Gasteiger partial charge is 0.396 e. The van der Waals surface area contributed by atoms with Crippen molar-refractivity contribution in [2.45, 2.75) is 103 Å². The second kappa shape index (κ2) is 8.38. The van der Waals surface area contributed by atoms with Crippen molar-refractivity contribution in [3.8, 4) is 0 Å². The summed E-state index contributed by atoms with van der Waals surface area (Å²) in [5, 5.41) is 8.91. The summed E-state index contributed by atoms with van der Waals surface area (Å²) in [4.78, 5) is 12.1. The SMILES string of the molecule is C[C@]12CCC(=O)C[C@@H]1CC[C@@H]1[C@@H]2CC[C@]2(C)[C@@H](OCCCCCCO)CC[C@@H]12. The van der Waals surface area contributed by atoms with Gasteiger partial charge in [0.25, 0.3) is 0 Å². The predicted molar refractivity (Wildman–Crippen MR) is 112 cm³/mol. The highest BCUT2D eigenvalue weighted by Crippen LogP contribution is 2.66. The lowest BCUT2D eigenvalue weighted by molar-refractivity contribution is -0.145. The molecule has 0 aliphatic heterocycles. The van der Waals surface area contributed by atoms with E-state index in [0.29, 0.717) is 35.2 Å². The molecule has 3 heteroatoms. The standard InChI is InChI=1S/C25H42O3/c1-24-13-11-19(27)17-18(24)7-8-20-21-9-10-23(25(21,2)14-12-22(20)24)28-16-6-4-3-5-15-26/h18,20-23,26H,3-17H2,1-2H3/t18-,20-,21-,22-,23-,24-,25-/m0/s1. The minimum Gasteiger partial charge on any atom is -0.396 e. The Morgan fingerprint density at radius 1 is 0.929 bits per heavy atom. The Labute approximate surface area is 172 Å². The Balaban J connectivity index is 1.37. The lowest BCUT2D eigenvalue weighted by Gasteiger charge is -2.60. The molecule has 4 fully saturated rings. The number of hydrogen-bond acceptors (Lipinski definition) is 3. The smallest absolute Gasteiger partial charge is 0.133 e. The number of carbonyl (C=O) groups is 1. The van der Waals surface area contributed by atoms with Crippen molar-refractivity contribution in [1.29, 1.82) is 0 Å². The maximum Gasteiger partial charge on any atom is 0.133 e. The van der Waals surface area contributed by atoms with Crippen LogP contribution < -0.4 is 0 Å². The Bertz CT molecular complexity index is 560. The van der Waals surface area contributed by atoms with E-state index in [0.717, 1.165) is 62.9 Å². The number of hydrogen-bond donors (Lipinski definition) is 1. The average molecular weight is 391 g/mol. The summed E-state index contributed by atoms with van der Waals surface area (Å²) < 4.78 is 6.47. The first-order valence-electron chi connectivity index (χ1n) is 12.2. The number of carbonyl (C=O) groups excluding carboxylic acids is 1. The van der Waals surface area contributed by atoms with E-state index < -0.39 is 0 Å². The van der Waals surface area contributed by atoms with Crippen molar-refractivity contribution in [3.63, 3.8) is 0 Å². The zero-order chi connectivity index (χ0) is 19.8. The quantitative estimate of drug-likeness (QED) is 0.581. The van der Waals surface area contributed by atoms with Crippen LogP contribution in [0.15, 0.2) is 0 Å². The molecule has 4 aliphatic carbocycles. The van der Waals surface area contributed by atoms with Gasteiger partial charge >= 0.3 is 0 Å². The van der Waals surface area contributed by atoms with E-state index in [1.807, 2.05) is 0 Å². The van der Waals surface area contributed by atoms with Crippen molar-refractivity contribution < 1.29 is 14.6 Å². The van der Waals surface area contributed by atoms with E-state index in [1.54, 1.807) is 0 Å². The van der Waals surface area contributed by atoms with Crippen LogP contribution in [0.25, 0.3) is 0 Å². The van der Waals surface area contributed by atoms with Crippen molar-refractivity contribution in [3.05, 3.63) is 0 Å². The van der Waals surface area contributed by atoms with Crippen molar-refractivity contribution in [2.24, 2.45) is 34.5 Å². The lowest BCUT2D eigenvalue weighted by atomic mass is 9.45. The van der Waals surface area contributed by atoms with Gasteiger partial charge in [0.2, 0.25) is 0 Å². The second-order valence-electron chi connectivity index (χ2n) is 11.0. The first-order valence-corrected chi connectivity index (χ1v) is 12.2. The molecular formula is C25H42O3. The fraction of sp³-hybridized carbons (Fsp3) is 0.960. The summed E-state index contributed by atoms with van der Waals surface area (Å²) in [7, 11) is 0. The molecule has 28 heavy (non-hydrogen) atoms. The van der Waals surface area contributed by atoms with Gasteiger partial charge in [0.1, 0.15) is 5.78 Å². The van der Waals surface area contributed by atoms with Gasteiger partial charge in [-0.05, 0) is 92.3 Å². The molecule has 4 aliphatic rings. The summed E-state index contributed by atoms with van der Waals surface area (Å²) in [6.45, 7) is 6.29. The maximum absolute atomic E-state index is 12.1. The first-order chi connectivity index (χ1) is 13.5. The van der Waals surface area contributed by atoms with Crippen LogP contribution in [0, 0.1) is 34.5 Å². The van der Waals surface area contributed by atoms with Gasteiger partial charge in [0, 0.05) is 26.1 Å². The molecule has 0 amide bonds. The molecule has 0 heterocycles. The average Bonchev–Trinajstić information content (AvgIpc) is 3.01. The highest BCUT2D eigenvalue weighted by molar-refractivity contribution is 5.79. The number of aliphatic hydroxyl groups excluding tert-OH is 1. The van der Waals surface area contributed by atoms with Crippen molar-refractivity contribution >= 4 is 5.78 Å². The Hall–Kier alpha value is -0.410. The van der Waals surface area contributed by atoms with E-state index in [1.165, 1.54) is 44.9 Å². The predicted octanol–water partition coefficient (Wildman–Crippen LogP) is 5.54. The third-order valence-electron chi connectivity index (χ3n) is 9.77. The molecule has 4 rings (SSSR count). The summed E-state index contributed by atoms with van der Waals surface area (Å²) in [5.41, 5.74) is 0.795. The summed E-state index contributed by atoms with van der Waals surface area (Å²) in [5.74, 6) is 3.73. The molecule has 0 radical (unpaired) electrons. The molecule has 160 valence electrons. The van der Waals surface area contributed by atoms with Crippen LogP contribution in [-0.2, 0) is 9.53 Å². The van der Waals surface area contributed by atoms with Gasteiger partial charge < -0.3 is 9.84 Å². The monoisotopic (exact) mass is 390 g/mol. The molecule has 4 saturated carbocycles. The Morgan fingerprint density at radius 3 is 2.54 bits per heavy atom. The van der Waals surface area contributed by atoms with Gasteiger partial charge in [-0.1, -0.05) is 26.7 Å². The number of aliphatic hydroxyl groups is 1. The number of unbranched alkanes of at least 4 members (excludes halogenated alkanes) is 3.